The van der Waals surface area contributed by atoms with Crippen molar-refractivity contribution >= 4 is 29.3 Å². The lowest BCUT2D eigenvalue weighted by Gasteiger charge is -2.46. The van der Waals surface area contributed by atoms with E-state index in [-0.39, 0.29) is 36.2 Å². The molecule has 1 aliphatic carbocycles. The number of halogens is 3. The lowest BCUT2D eigenvalue weighted by Crippen LogP contribution is -2.43. The Bertz CT molecular complexity index is 1770. The number of ether oxygens (including phenoxy) is 1. The number of amides is 3. The van der Waals surface area contributed by atoms with Crippen molar-refractivity contribution < 1.29 is 32.3 Å². The Labute approximate surface area is 283 Å². The number of aryl methyl sites for hydroxylation is 1. The van der Waals surface area contributed by atoms with Crippen LogP contribution in [0.15, 0.2) is 41.6 Å². The second-order valence-electron chi connectivity index (χ2n) is 14.4. The van der Waals surface area contributed by atoms with Crippen LogP contribution in [0.1, 0.15) is 88.6 Å². The Morgan fingerprint density at radius 2 is 1.71 bits per heavy atom. The molecule has 0 saturated heterocycles. The van der Waals surface area contributed by atoms with Crippen molar-refractivity contribution in [2.45, 2.75) is 91.6 Å². The summed E-state index contributed by atoms with van der Waals surface area (Å²) >= 11 is 0. The summed E-state index contributed by atoms with van der Waals surface area (Å²) < 4.78 is 48.6. The number of carbonyl (C=O) groups excluding carboxylic acids is 3. The first kappa shape index (κ1) is 37.1. The molecule has 2 N–H and O–H groups in total. The molecule has 15 heteroatoms. The summed E-state index contributed by atoms with van der Waals surface area (Å²) in [4.78, 5) is 53.6. The first-order valence-electron chi connectivity index (χ1n) is 16.0. The van der Waals surface area contributed by atoms with Gasteiger partial charge in [0.2, 0.25) is 5.91 Å². The molecule has 0 radical (unpaired) electrons. The van der Waals surface area contributed by atoms with Gasteiger partial charge in [-0.25, -0.2) is 4.79 Å². The van der Waals surface area contributed by atoms with E-state index >= 15 is 0 Å². The monoisotopic (exact) mass is 687 g/mol. The first-order valence-corrected chi connectivity index (χ1v) is 16.0. The topological polar surface area (TPSA) is 140 Å². The fraction of sp³-hybridized carbons (Fsp3) is 0.529. The molecule has 3 aromatic rings. The van der Waals surface area contributed by atoms with Gasteiger partial charge in [-0.3, -0.25) is 14.4 Å². The smallest absolute Gasteiger partial charge is 0.410 e. The fourth-order valence-electron chi connectivity index (χ4n) is 6.29. The minimum absolute atomic E-state index is 0.0232. The van der Waals surface area contributed by atoms with Crippen LogP contribution in [0.3, 0.4) is 0 Å². The molecular formula is C34H44F3N7O5. The molecule has 1 fully saturated rings. The van der Waals surface area contributed by atoms with Gasteiger partial charge in [-0.05, 0) is 80.8 Å². The average Bonchev–Trinajstić information content (AvgIpc) is 3.35. The van der Waals surface area contributed by atoms with E-state index in [1.165, 1.54) is 24.0 Å². The predicted molar refractivity (Wildman–Crippen MR) is 177 cm³/mol. The third-order valence-corrected chi connectivity index (χ3v) is 7.94. The van der Waals surface area contributed by atoms with Crippen molar-refractivity contribution in [2.75, 3.05) is 17.2 Å². The molecule has 0 unspecified atom stereocenters. The molecule has 1 saturated carbocycles. The van der Waals surface area contributed by atoms with Gasteiger partial charge >= 0.3 is 12.3 Å². The average molecular weight is 688 g/mol. The van der Waals surface area contributed by atoms with Gasteiger partial charge in [0.05, 0.1) is 12.0 Å². The molecule has 3 amide bonds. The fourth-order valence-corrected chi connectivity index (χ4v) is 6.29. The van der Waals surface area contributed by atoms with Gasteiger partial charge in [-0.15, -0.1) is 10.2 Å². The summed E-state index contributed by atoms with van der Waals surface area (Å²) in [6, 6.07) is 6.18. The molecule has 1 aromatic carbocycles. The Kier molecular flexibility index (Phi) is 10.6. The first-order chi connectivity index (χ1) is 22.7. The van der Waals surface area contributed by atoms with E-state index in [1.54, 1.807) is 39.2 Å². The minimum atomic E-state index is -4.77. The van der Waals surface area contributed by atoms with Crippen molar-refractivity contribution in [3.05, 3.63) is 69.7 Å². The van der Waals surface area contributed by atoms with Crippen LogP contribution in [0.2, 0.25) is 0 Å². The maximum absolute atomic E-state index is 13.8. The number of carbonyl (C=O) groups is 3. The Morgan fingerprint density at radius 3 is 2.22 bits per heavy atom. The van der Waals surface area contributed by atoms with Gasteiger partial charge in [0.15, 0.2) is 0 Å². The summed E-state index contributed by atoms with van der Waals surface area (Å²) in [6.07, 6.45) is -1.44. The number of nitrogens with one attached hydrogen (secondary N) is 2. The zero-order valence-corrected chi connectivity index (χ0v) is 29.1. The Balaban J connectivity index is 1.77. The molecule has 0 bridgehead atoms. The molecular weight excluding hydrogens is 643 g/mol. The number of nitrogens with zero attached hydrogens (tertiary/aromatic N) is 5. The van der Waals surface area contributed by atoms with Gasteiger partial charge < -0.3 is 29.4 Å². The molecule has 49 heavy (non-hydrogen) atoms. The van der Waals surface area contributed by atoms with Crippen LogP contribution in [0.25, 0.3) is 0 Å². The number of pyridine rings is 1. The van der Waals surface area contributed by atoms with E-state index in [4.69, 9.17) is 4.74 Å². The molecule has 2 heterocycles. The summed E-state index contributed by atoms with van der Waals surface area (Å²) in [6.45, 7) is 10.6. The third kappa shape index (κ3) is 9.27. The highest BCUT2D eigenvalue weighted by Crippen LogP contribution is 2.52. The van der Waals surface area contributed by atoms with Crippen molar-refractivity contribution in [3.8, 4) is 0 Å². The molecule has 266 valence electrons. The number of hydrogen-bond acceptors (Lipinski definition) is 7. The standard InChI is InChI=1S/C34H44F3N7O5/c1-20(2)15-43(31(48)49-32(5,6)7)16-23-9-27(29(47)44(17-23)18-34(35,36)37)28(46)40-26-11-24(10-25(12-26)39-22(4)45)33(13-21(3)14-33)30-41-38-19-42(30)8/h9-12,17,19-21H,13-16,18H2,1-8H3,(H,39,45)(H,40,46). The Morgan fingerprint density at radius 1 is 1.08 bits per heavy atom. The highest BCUT2D eigenvalue weighted by atomic mass is 19.4. The number of aromatic nitrogens is 4. The van der Waals surface area contributed by atoms with Crippen molar-refractivity contribution in [2.24, 2.45) is 18.9 Å². The van der Waals surface area contributed by atoms with Crippen molar-refractivity contribution in [1.29, 1.82) is 0 Å². The van der Waals surface area contributed by atoms with Crippen LogP contribution in [-0.4, -0.2) is 60.5 Å². The van der Waals surface area contributed by atoms with Crippen LogP contribution < -0.4 is 16.2 Å². The van der Waals surface area contributed by atoms with Crippen LogP contribution in [0.4, 0.5) is 29.3 Å². The molecule has 0 spiro atoms. The highest BCUT2D eigenvalue weighted by molar-refractivity contribution is 6.04. The zero-order valence-electron chi connectivity index (χ0n) is 29.1. The van der Waals surface area contributed by atoms with E-state index < -0.39 is 46.9 Å². The van der Waals surface area contributed by atoms with Crippen LogP contribution >= 0.6 is 0 Å². The molecule has 2 aromatic heterocycles. The molecule has 0 aliphatic heterocycles. The quantitative estimate of drug-likeness (QED) is 0.272. The Hall–Kier alpha value is -4.69. The lowest BCUT2D eigenvalue weighted by atomic mass is 9.58. The minimum Gasteiger partial charge on any atom is -0.444 e. The molecule has 0 atom stereocenters. The van der Waals surface area contributed by atoms with E-state index in [0.29, 0.717) is 34.8 Å². The largest absolute Gasteiger partial charge is 0.444 e. The molecule has 12 nitrogen and oxygen atoms in total. The summed E-state index contributed by atoms with van der Waals surface area (Å²) in [5.41, 5.74) is -1.71. The van der Waals surface area contributed by atoms with Gasteiger partial charge in [-0.1, -0.05) is 20.8 Å². The molecule has 1 aliphatic rings. The summed E-state index contributed by atoms with van der Waals surface area (Å²) in [5, 5.41) is 13.8. The number of rotatable bonds is 10. The number of alkyl halides is 3. The summed E-state index contributed by atoms with van der Waals surface area (Å²) in [7, 11) is 1.82. The number of benzene rings is 1. The van der Waals surface area contributed by atoms with Gasteiger partial charge in [-0.2, -0.15) is 13.2 Å². The normalized spacial score (nSPS) is 17.8. The van der Waals surface area contributed by atoms with Crippen LogP contribution in [0, 0.1) is 11.8 Å². The predicted octanol–water partition coefficient (Wildman–Crippen LogP) is 5.86. The van der Waals surface area contributed by atoms with E-state index in [2.05, 4.69) is 27.8 Å². The maximum atomic E-state index is 13.8. The van der Waals surface area contributed by atoms with E-state index in [9.17, 15) is 32.3 Å². The highest BCUT2D eigenvalue weighted by Gasteiger charge is 2.48. The van der Waals surface area contributed by atoms with Gasteiger partial charge in [0.25, 0.3) is 11.5 Å². The second kappa shape index (κ2) is 14.0. The number of anilines is 2. The SMILES string of the molecule is CC(=O)Nc1cc(NC(=O)c2cc(CN(CC(C)C)C(=O)OC(C)(C)C)cn(CC(F)(F)F)c2=O)cc(C2(c3nncn3C)CC(C)C2)c1. The van der Waals surface area contributed by atoms with Gasteiger partial charge in [0.1, 0.15) is 29.9 Å². The number of hydrogen-bond donors (Lipinski definition) is 2. The third-order valence-electron chi connectivity index (χ3n) is 7.94. The van der Waals surface area contributed by atoms with Crippen LogP contribution in [-0.2, 0) is 35.1 Å². The van der Waals surface area contributed by atoms with Crippen LogP contribution in [0.5, 0.6) is 0 Å². The summed E-state index contributed by atoms with van der Waals surface area (Å²) in [5.74, 6) is -0.296. The lowest BCUT2D eigenvalue weighted by molar-refractivity contribution is -0.141. The van der Waals surface area contributed by atoms with E-state index in [0.717, 1.165) is 11.8 Å². The second-order valence-corrected chi connectivity index (χ2v) is 14.4. The van der Waals surface area contributed by atoms with Crippen molar-refractivity contribution in [1.82, 2.24) is 24.2 Å². The zero-order chi connectivity index (χ0) is 36.5. The van der Waals surface area contributed by atoms with Crippen molar-refractivity contribution in [3.63, 3.8) is 0 Å². The van der Waals surface area contributed by atoms with E-state index in [1.807, 2.05) is 25.5 Å². The molecule has 4 rings (SSSR count). The maximum Gasteiger partial charge on any atom is 0.410 e. The van der Waals surface area contributed by atoms with Gasteiger partial charge in [0, 0.05) is 38.1 Å².